The van der Waals surface area contributed by atoms with E-state index in [4.69, 9.17) is 4.74 Å². The second kappa shape index (κ2) is 9.41. The number of carbonyl (C=O) groups excluding carboxylic acids is 1. The van der Waals surface area contributed by atoms with Gasteiger partial charge in [0.15, 0.2) is 0 Å². The molecule has 1 amide bonds. The molecule has 1 unspecified atom stereocenters. The fourth-order valence-corrected chi connectivity index (χ4v) is 4.22. The molecule has 1 atom stereocenters. The van der Waals surface area contributed by atoms with Crippen molar-refractivity contribution in [3.63, 3.8) is 0 Å². The summed E-state index contributed by atoms with van der Waals surface area (Å²) < 4.78 is 31.3. The maximum atomic E-state index is 12.3. The van der Waals surface area contributed by atoms with E-state index >= 15 is 0 Å². The summed E-state index contributed by atoms with van der Waals surface area (Å²) in [6.07, 6.45) is 3.06. The molecule has 1 N–H and O–H groups in total. The van der Waals surface area contributed by atoms with Gasteiger partial charge in [0.25, 0.3) is 0 Å². The van der Waals surface area contributed by atoms with Crippen LogP contribution in [0.3, 0.4) is 0 Å². The molecular weight excluding hydrogens is 366 g/mol. The van der Waals surface area contributed by atoms with Gasteiger partial charge in [-0.15, -0.1) is 0 Å². The molecule has 0 radical (unpaired) electrons. The number of hydrogen-bond acceptors (Lipinski definition) is 5. The van der Waals surface area contributed by atoms with Gasteiger partial charge in [0.05, 0.1) is 18.0 Å². The van der Waals surface area contributed by atoms with Gasteiger partial charge >= 0.3 is 0 Å². The van der Waals surface area contributed by atoms with Crippen molar-refractivity contribution in [2.24, 2.45) is 0 Å². The number of nitrogens with one attached hydrogen (secondary N) is 1. The number of anilines is 2. The van der Waals surface area contributed by atoms with Crippen LogP contribution in [0.4, 0.5) is 11.4 Å². The standard InChI is InChI=1S/C19H31N3O4S/c1-5-21(6-2)16-9-10-18(15(3)12-16)22(27(4,24)25)14-19(23)20-13-17-8-7-11-26-17/h9-10,12,17H,5-8,11,13-14H2,1-4H3,(H,20,23). The summed E-state index contributed by atoms with van der Waals surface area (Å²) in [7, 11) is -3.59. The molecule has 27 heavy (non-hydrogen) atoms. The number of benzene rings is 1. The highest BCUT2D eigenvalue weighted by Crippen LogP contribution is 2.27. The Bertz CT molecular complexity index is 741. The van der Waals surface area contributed by atoms with Gasteiger partial charge in [-0.05, 0) is 57.4 Å². The lowest BCUT2D eigenvalue weighted by atomic mass is 10.1. The zero-order valence-corrected chi connectivity index (χ0v) is 17.5. The van der Waals surface area contributed by atoms with Crippen molar-refractivity contribution in [2.75, 3.05) is 48.2 Å². The van der Waals surface area contributed by atoms with Gasteiger partial charge in [-0.3, -0.25) is 9.10 Å². The van der Waals surface area contributed by atoms with E-state index in [-0.39, 0.29) is 18.6 Å². The molecule has 1 fully saturated rings. The Kier molecular flexibility index (Phi) is 7.49. The quantitative estimate of drug-likeness (QED) is 0.689. The van der Waals surface area contributed by atoms with Gasteiger partial charge in [0.1, 0.15) is 6.54 Å². The fourth-order valence-electron chi connectivity index (χ4n) is 3.31. The van der Waals surface area contributed by atoms with Gasteiger partial charge in [-0.1, -0.05) is 0 Å². The van der Waals surface area contributed by atoms with Gasteiger partial charge < -0.3 is 15.0 Å². The van der Waals surface area contributed by atoms with Crippen LogP contribution in [0.5, 0.6) is 0 Å². The van der Waals surface area contributed by atoms with Crippen LogP contribution in [-0.4, -0.2) is 59.5 Å². The number of rotatable bonds is 9. The Morgan fingerprint density at radius 3 is 2.52 bits per heavy atom. The zero-order chi connectivity index (χ0) is 20.0. The van der Waals surface area contributed by atoms with Crippen LogP contribution in [-0.2, 0) is 19.6 Å². The minimum absolute atomic E-state index is 0.0238. The zero-order valence-electron chi connectivity index (χ0n) is 16.7. The van der Waals surface area contributed by atoms with E-state index in [9.17, 15) is 13.2 Å². The van der Waals surface area contributed by atoms with Crippen LogP contribution in [0.15, 0.2) is 18.2 Å². The molecule has 1 aromatic rings. The molecule has 2 rings (SSSR count). The molecule has 1 aliphatic rings. The summed E-state index contributed by atoms with van der Waals surface area (Å²) in [6, 6.07) is 5.64. The Morgan fingerprint density at radius 2 is 2.00 bits per heavy atom. The second-order valence-electron chi connectivity index (χ2n) is 6.85. The molecule has 0 saturated carbocycles. The summed E-state index contributed by atoms with van der Waals surface area (Å²) in [5.41, 5.74) is 2.38. The Hall–Kier alpha value is -1.80. The molecule has 8 heteroatoms. The first kappa shape index (κ1) is 21.5. The van der Waals surface area contributed by atoms with Crippen molar-refractivity contribution in [3.8, 4) is 0 Å². The second-order valence-corrected chi connectivity index (χ2v) is 8.76. The minimum atomic E-state index is -3.59. The van der Waals surface area contributed by atoms with Crippen molar-refractivity contribution in [2.45, 2.75) is 39.7 Å². The van der Waals surface area contributed by atoms with Gasteiger partial charge in [-0.2, -0.15) is 0 Å². The summed E-state index contributed by atoms with van der Waals surface area (Å²) in [6.45, 7) is 8.65. The molecule has 1 aliphatic heterocycles. The normalized spacial score (nSPS) is 17.0. The van der Waals surface area contributed by atoms with Crippen LogP contribution in [0.2, 0.25) is 0 Å². The SMILES string of the molecule is CCN(CC)c1ccc(N(CC(=O)NCC2CCCO2)S(C)(=O)=O)c(C)c1. The number of aryl methyl sites for hydroxylation is 1. The highest BCUT2D eigenvalue weighted by Gasteiger charge is 2.24. The lowest BCUT2D eigenvalue weighted by Crippen LogP contribution is -2.42. The topological polar surface area (TPSA) is 79.0 Å². The number of amides is 1. The highest BCUT2D eigenvalue weighted by molar-refractivity contribution is 7.92. The third-order valence-corrected chi connectivity index (χ3v) is 5.94. The van der Waals surface area contributed by atoms with Gasteiger partial charge in [0, 0.05) is 31.9 Å². The average molecular weight is 398 g/mol. The maximum absolute atomic E-state index is 12.3. The lowest BCUT2D eigenvalue weighted by molar-refractivity contribution is -0.120. The predicted octanol–water partition coefficient (Wildman–Crippen LogP) is 1.90. The minimum Gasteiger partial charge on any atom is -0.376 e. The molecule has 0 spiro atoms. The van der Waals surface area contributed by atoms with E-state index in [1.54, 1.807) is 6.07 Å². The highest BCUT2D eigenvalue weighted by atomic mass is 32.2. The Morgan fingerprint density at radius 1 is 1.30 bits per heavy atom. The fraction of sp³-hybridized carbons (Fsp3) is 0.632. The molecule has 0 aromatic heterocycles. The van der Waals surface area contributed by atoms with Gasteiger partial charge in [0.2, 0.25) is 15.9 Å². The van der Waals surface area contributed by atoms with Crippen LogP contribution < -0.4 is 14.5 Å². The number of sulfonamides is 1. The first-order valence-electron chi connectivity index (χ1n) is 9.47. The van der Waals surface area contributed by atoms with Crippen LogP contribution >= 0.6 is 0 Å². The van der Waals surface area contributed by atoms with Crippen molar-refractivity contribution in [1.82, 2.24) is 5.32 Å². The average Bonchev–Trinajstić information content (AvgIpc) is 3.12. The first-order chi connectivity index (χ1) is 12.8. The summed E-state index contributed by atoms with van der Waals surface area (Å²) in [4.78, 5) is 14.5. The van der Waals surface area contributed by atoms with Gasteiger partial charge in [-0.25, -0.2) is 8.42 Å². The van der Waals surface area contributed by atoms with Crippen molar-refractivity contribution in [3.05, 3.63) is 23.8 Å². The lowest BCUT2D eigenvalue weighted by Gasteiger charge is -2.26. The van der Waals surface area contributed by atoms with E-state index in [2.05, 4.69) is 24.1 Å². The van der Waals surface area contributed by atoms with E-state index in [0.29, 0.717) is 18.8 Å². The van der Waals surface area contributed by atoms with E-state index in [0.717, 1.165) is 43.4 Å². The van der Waals surface area contributed by atoms with Crippen molar-refractivity contribution in [1.29, 1.82) is 0 Å². The predicted molar refractivity (Wildman–Crippen MR) is 109 cm³/mol. The van der Waals surface area contributed by atoms with Crippen LogP contribution in [0.25, 0.3) is 0 Å². The Balaban J connectivity index is 2.14. The van der Waals surface area contributed by atoms with E-state index in [1.165, 1.54) is 4.31 Å². The van der Waals surface area contributed by atoms with E-state index < -0.39 is 10.0 Å². The molecule has 7 nitrogen and oxygen atoms in total. The number of hydrogen-bond donors (Lipinski definition) is 1. The summed E-state index contributed by atoms with van der Waals surface area (Å²) in [5.74, 6) is -0.330. The van der Waals surface area contributed by atoms with Crippen LogP contribution in [0.1, 0.15) is 32.3 Å². The Labute approximate surface area is 162 Å². The molecule has 0 bridgehead atoms. The number of carbonyl (C=O) groups is 1. The van der Waals surface area contributed by atoms with E-state index in [1.807, 2.05) is 19.1 Å². The monoisotopic (exact) mass is 397 g/mol. The summed E-state index contributed by atoms with van der Waals surface area (Å²) >= 11 is 0. The largest absolute Gasteiger partial charge is 0.376 e. The molecular formula is C19H31N3O4S. The third-order valence-electron chi connectivity index (χ3n) is 4.82. The molecule has 1 saturated heterocycles. The molecule has 1 heterocycles. The first-order valence-corrected chi connectivity index (χ1v) is 11.3. The van der Waals surface area contributed by atoms with Crippen LogP contribution in [0, 0.1) is 6.92 Å². The molecule has 1 aromatic carbocycles. The molecule has 152 valence electrons. The summed E-state index contributed by atoms with van der Waals surface area (Å²) in [5, 5.41) is 2.79. The van der Waals surface area contributed by atoms with Crippen molar-refractivity contribution >= 4 is 27.3 Å². The van der Waals surface area contributed by atoms with Crippen molar-refractivity contribution < 1.29 is 17.9 Å². The smallest absolute Gasteiger partial charge is 0.240 e. The number of nitrogens with zero attached hydrogens (tertiary/aromatic N) is 2. The maximum Gasteiger partial charge on any atom is 0.240 e. The number of ether oxygens (including phenoxy) is 1. The third kappa shape index (κ3) is 5.84. The molecule has 0 aliphatic carbocycles.